The minimum Gasteiger partial charge on any atom is -0.396 e. The molecule has 1 amide bonds. The van der Waals surface area contributed by atoms with Gasteiger partial charge in [-0.25, -0.2) is 0 Å². The number of amides is 1. The molecule has 3 N–H and O–H groups in total. The summed E-state index contributed by atoms with van der Waals surface area (Å²) in [4.78, 5) is 10.8. The first-order chi connectivity index (χ1) is 5.33. The van der Waals surface area contributed by atoms with Crippen molar-refractivity contribution in [2.75, 3.05) is 26.2 Å². The van der Waals surface area contributed by atoms with Gasteiger partial charge in [0.25, 0.3) is 0 Å². The van der Waals surface area contributed by atoms with Crippen LogP contribution in [0.3, 0.4) is 0 Å². The zero-order chi connectivity index (χ0) is 8.10. The first-order valence-electron chi connectivity index (χ1n) is 3.91. The molecule has 0 atom stereocenters. The van der Waals surface area contributed by atoms with Crippen LogP contribution in [-0.2, 0) is 4.79 Å². The molecule has 1 saturated heterocycles. The van der Waals surface area contributed by atoms with Crippen LogP contribution in [0.5, 0.6) is 0 Å². The van der Waals surface area contributed by atoms with Gasteiger partial charge in [0.05, 0.1) is 6.61 Å². The second kappa shape index (κ2) is 4.31. The fourth-order valence-electron chi connectivity index (χ4n) is 0.941. The van der Waals surface area contributed by atoms with Gasteiger partial charge in [-0.1, -0.05) is 0 Å². The lowest BCUT2D eigenvalue weighted by Crippen LogP contribution is -2.48. The van der Waals surface area contributed by atoms with Gasteiger partial charge >= 0.3 is 0 Å². The molecule has 11 heavy (non-hydrogen) atoms. The molecule has 0 bridgehead atoms. The number of aliphatic hydroxyl groups excluding tert-OH is 1. The minimum atomic E-state index is -0.0608. The maximum Gasteiger partial charge on any atom is 0.222 e. The first kappa shape index (κ1) is 8.49. The molecule has 1 rings (SSSR count). The molecule has 0 aromatic carbocycles. The maximum absolute atomic E-state index is 10.8. The highest BCUT2D eigenvalue weighted by molar-refractivity contribution is 5.75. The number of rotatable bonds is 4. The van der Waals surface area contributed by atoms with Gasteiger partial charge in [-0.2, -0.15) is 0 Å². The van der Waals surface area contributed by atoms with Crippen LogP contribution in [0.1, 0.15) is 6.42 Å². The van der Waals surface area contributed by atoms with Gasteiger partial charge in [-0.15, -0.1) is 0 Å². The molecule has 1 aliphatic rings. The van der Waals surface area contributed by atoms with E-state index in [2.05, 4.69) is 10.6 Å². The van der Waals surface area contributed by atoms with E-state index < -0.39 is 0 Å². The summed E-state index contributed by atoms with van der Waals surface area (Å²) in [5.41, 5.74) is 0. The van der Waals surface area contributed by atoms with E-state index in [1.54, 1.807) is 0 Å². The molecule has 4 nitrogen and oxygen atoms in total. The van der Waals surface area contributed by atoms with Crippen LogP contribution in [0, 0.1) is 5.92 Å². The van der Waals surface area contributed by atoms with Crippen molar-refractivity contribution in [3.05, 3.63) is 0 Å². The number of hydrogen-bond donors (Lipinski definition) is 3. The zero-order valence-electron chi connectivity index (χ0n) is 6.47. The Kier molecular flexibility index (Phi) is 3.32. The van der Waals surface area contributed by atoms with E-state index in [0.29, 0.717) is 5.92 Å². The summed E-state index contributed by atoms with van der Waals surface area (Å²) >= 11 is 0. The monoisotopic (exact) mass is 158 g/mol. The van der Waals surface area contributed by atoms with E-state index >= 15 is 0 Å². The summed E-state index contributed by atoms with van der Waals surface area (Å²) in [5, 5.41) is 14.3. The van der Waals surface area contributed by atoms with Crippen molar-refractivity contribution in [2.45, 2.75) is 6.42 Å². The van der Waals surface area contributed by atoms with E-state index in [-0.39, 0.29) is 18.9 Å². The standard InChI is InChI=1S/C7H14N2O2/c10-2-1-7(11)9-5-6-3-8-4-6/h6,8,10H,1-5H2,(H,9,11). The van der Waals surface area contributed by atoms with E-state index in [9.17, 15) is 4.79 Å². The van der Waals surface area contributed by atoms with Crippen LogP contribution in [-0.4, -0.2) is 37.3 Å². The van der Waals surface area contributed by atoms with Gasteiger partial charge in [0.2, 0.25) is 5.91 Å². The van der Waals surface area contributed by atoms with Gasteiger partial charge < -0.3 is 15.7 Å². The van der Waals surface area contributed by atoms with E-state index in [1.165, 1.54) is 0 Å². The molecule has 1 fully saturated rings. The highest BCUT2D eigenvalue weighted by Gasteiger charge is 2.16. The maximum atomic E-state index is 10.8. The Bertz CT molecular complexity index is 134. The van der Waals surface area contributed by atoms with Crippen LogP contribution in [0.2, 0.25) is 0 Å². The highest BCUT2D eigenvalue weighted by Crippen LogP contribution is 1.99. The summed E-state index contributed by atoms with van der Waals surface area (Å²) < 4.78 is 0. The Labute approximate surface area is 66.0 Å². The fraction of sp³-hybridized carbons (Fsp3) is 0.857. The van der Waals surface area contributed by atoms with Crippen molar-refractivity contribution in [2.24, 2.45) is 5.92 Å². The molecule has 0 radical (unpaired) electrons. The van der Waals surface area contributed by atoms with Crippen molar-refractivity contribution < 1.29 is 9.90 Å². The van der Waals surface area contributed by atoms with Crippen molar-refractivity contribution in [3.8, 4) is 0 Å². The third kappa shape index (κ3) is 2.86. The minimum absolute atomic E-state index is 0.0561. The number of nitrogens with one attached hydrogen (secondary N) is 2. The van der Waals surface area contributed by atoms with Crippen LogP contribution >= 0.6 is 0 Å². The van der Waals surface area contributed by atoms with E-state index in [0.717, 1.165) is 19.6 Å². The highest BCUT2D eigenvalue weighted by atomic mass is 16.3. The average molecular weight is 158 g/mol. The predicted octanol–water partition coefficient (Wildman–Crippen LogP) is -1.30. The van der Waals surface area contributed by atoms with Gasteiger partial charge in [-0.3, -0.25) is 4.79 Å². The lowest BCUT2D eigenvalue weighted by molar-refractivity contribution is -0.121. The molecular weight excluding hydrogens is 144 g/mol. The van der Waals surface area contributed by atoms with E-state index in [1.807, 2.05) is 0 Å². The van der Waals surface area contributed by atoms with Gasteiger partial charge in [0.15, 0.2) is 0 Å². The second-order valence-electron chi connectivity index (χ2n) is 2.80. The predicted molar refractivity (Wildman–Crippen MR) is 41.1 cm³/mol. The molecule has 0 aromatic rings. The first-order valence-corrected chi connectivity index (χ1v) is 3.91. The van der Waals surface area contributed by atoms with Crippen LogP contribution in [0.25, 0.3) is 0 Å². The summed E-state index contributed by atoms with van der Waals surface area (Å²) in [5.74, 6) is 0.539. The van der Waals surface area contributed by atoms with Crippen molar-refractivity contribution in [1.29, 1.82) is 0 Å². The lowest BCUT2D eigenvalue weighted by Gasteiger charge is -2.26. The topological polar surface area (TPSA) is 61.4 Å². The Balaban J connectivity index is 1.96. The Morgan fingerprint density at radius 2 is 2.36 bits per heavy atom. The Morgan fingerprint density at radius 3 is 2.82 bits per heavy atom. The SMILES string of the molecule is O=C(CCO)NCC1CNC1. The molecule has 0 aromatic heterocycles. The second-order valence-corrected chi connectivity index (χ2v) is 2.80. The molecule has 0 spiro atoms. The summed E-state index contributed by atoms with van der Waals surface area (Å²) in [6.07, 6.45) is 0.222. The molecule has 0 unspecified atom stereocenters. The van der Waals surface area contributed by atoms with Gasteiger partial charge in [0.1, 0.15) is 0 Å². The van der Waals surface area contributed by atoms with E-state index in [4.69, 9.17) is 5.11 Å². The average Bonchev–Trinajstić information content (AvgIpc) is 1.85. The van der Waals surface area contributed by atoms with Gasteiger partial charge in [0, 0.05) is 32.0 Å². The van der Waals surface area contributed by atoms with Crippen molar-refractivity contribution in [1.82, 2.24) is 10.6 Å². The summed E-state index contributed by atoms with van der Waals surface area (Å²) in [6.45, 7) is 2.68. The van der Waals surface area contributed by atoms with Crippen LogP contribution in [0.4, 0.5) is 0 Å². The third-order valence-electron chi connectivity index (χ3n) is 1.79. The molecular formula is C7H14N2O2. The molecule has 0 saturated carbocycles. The number of carbonyl (C=O) groups excluding carboxylic acids is 1. The number of aliphatic hydroxyl groups is 1. The summed E-state index contributed by atoms with van der Waals surface area (Å²) in [7, 11) is 0. The summed E-state index contributed by atoms with van der Waals surface area (Å²) in [6, 6.07) is 0. The fourth-order valence-corrected chi connectivity index (χ4v) is 0.941. The number of carbonyl (C=O) groups is 1. The molecule has 4 heteroatoms. The number of hydrogen-bond acceptors (Lipinski definition) is 3. The van der Waals surface area contributed by atoms with Crippen LogP contribution < -0.4 is 10.6 Å². The Hall–Kier alpha value is -0.610. The molecule has 1 heterocycles. The lowest BCUT2D eigenvalue weighted by atomic mass is 10.0. The largest absolute Gasteiger partial charge is 0.396 e. The van der Waals surface area contributed by atoms with Gasteiger partial charge in [-0.05, 0) is 0 Å². The normalized spacial score (nSPS) is 17.5. The third-order valence-corrected chi connectivity index (χ3v) is 1.79. The Morgan fingerprint density at radius 1 is 1.64 bits per heavy atom. The molecule has 0 aliphatic carbocycles. The molecule has 64 valence electrons. The van der Waals surface area contributed by atoms with Crippen molar-refractivity contribution >= 4 is 5.91 Å². The zero-order valence-corrected chi connectivity index (χ0v) is 6.47. The van der Waals surface area contributed by atoms with Crippen molar-refractivity contribution in [3.63, 3.8) is 0 Å². The molecule has 1 aliphatic heterocycles. The van der Waals surface area contributed by atoms with Crippen LogP contribution in [0.15, 0.2) is 0 Å². The smallest absolute Gasteiger partial charge is 0.222 e. The quantitative estimate of drug-likeness (QED) is 0.477.